The highest BCUT2D eigenvalue weighted by Crippen LogP contribution is 2.25. The molecule has 14 heavy (non-hydrogen) atoms. The lowest BCUT2D eigenvalue weighted by Gasteiger charge is -2.05. The fourth-order valence-electron chi connectivity index (χ4n) is 1.36. The van der Waals surface area contributed by atoms with Crippen molar-refractivity contribution in [3.63, 3.8) is 0 Å². The SMILES string of the molecule is Cc1nc(C)c(-c2cccs2)nc1C. The van der Waals surface area contributed by atoms with Gasteiger partial charge < -0.3 is 0 Å². The Morgan fingerprint density at radius 2 is 1.71 bits per heavy atom. The quantitative estimate of drug-likeness (QED) is 0.713. The summed E-state index contributed by atoms with van der Waals surface area (Å²) in [6.07, 6.45) is 0. The van der Waals surface area contributed by atoms with Crippen molar-refractivity contribution >= 4 is 11.3 Å². The van der Waals surface area contributed by atoms with Crippen molar-refractivity contribution in [2.75, 3.05) is 0 Å². The van der Waals surface area contributed by atoms with Gasteiger partial charge >= 0.3 is 0 Å². The van der Waals surface area contributed by atoms with Crippen LogP contribution in [0.25, 0.3) is 10.6 Å². The van der Waals surface area contributed by atoms with Crippen LogP contribution in [0.15, 0.2) is 17.5 Å². The second-order valence-corrected chi connectivity index (χ2v) is 4.25. The maximum absolute atomic E-state index is 4.56. The minimum absolute atomic E-state index is 1.01. The standard InChI is InChI=1S/C11H12N2S/c1-7-8(2)13-11(9(3)12-7)10-5-4-6-14-10/h4-6H,1-3H3. The summed E-state index contributed by atoms with van der Waals surface area (Å²) in [5.74, 6) is 0. The molecule has 0 amide bonds. The lowest BCUT2D eigenvalue weighted by atomic mass is 10.2. The third-order valence-electron chi connectivity index (χ3n) is 2.24. The van der Waals surface area contributed by atoms with E-state index in [1.165, 1.54) is 4.88 Å². The molecular weight excluding hydrogens is 192 g/mol. The fourth-order valence-corrected chi connectivity index (χ4v) is 2.13. The summed E-state index contributed by atoms with van der Waals surface area (Å²) in [7, 11) is 0. The highest BCUT2D eigenvalue weighted by atomic mass is 32.1. The molecule has 0 aliphatic heterocycles. The van der Waals surface area contributed by atoms with Crippen molar-refractivity contribution < 1.29 is 0 Å². The molecule has 72 valence electrons. The van der Waals surface area contributed by atoms with Crippen LogP contribution in [0.1, 0.15) is 17.1 Å². The van der Waals surface area contributed by atoms with Gasteiger partial charge in [-0.3, -0.25) is 4.98 Å². The first-order valence-corrected chi connectivity index (χ1v) is 5.42. The van der Waals surface area contributed by atoms with Gasteiger partial charge in [0.1, 0.15) is 5.69 Å². The van der Waals surface area contributed by atoms with Crippen LogP contribution in [0.5, 0.6) is 0 Å². The van der Waals surface area contributed by atoms with Gasteiger partial charge in [0.05, 0.1) is 22.0 Å². The molecule has 0 spiro atoms. The van der Waals surface area contributed by atoms with Crippen molar-refractivity contribution in [3.8, 4) is 10.6 Å². The minimum Gasteiger partial charge on any atom is -0.254 e. The maximum Gasteiger partial charge on any atom is 0.102 e. The van der Waals surface area contributed by atoms with Gasteiger partial charge in [-0.15, -0.1) is 11.3 Å². The minimum atomic E-state index is 1.01. The summed E-state index contributed by atoms with van der Waals surface area (Å²) in [5, 5.41) is 2.06. The molecule has 0 radical (unpaired) electrons. The van der Waals surface area contributed by atoms with Crippen LogP contribution in [-0.4, -0.2) is 9.97 Å². The largest absolute Gasteiger partial charge is 0.254 e. The molecule has 0 bridgehead atoms. The molecule has 2 nitrogen and oxygen atoms in total. The van der Waals surface area contributed by atoms with Crippen LogP contribution >= 0.6 is 11.3 Å². The summed E-state index contributed by atoms with van der Waals surface area (Å²) in [6, 6.07) is 4.12. The molecule has 3 heteroatoms. The van der Waals surface area contributed by atoms with Crippen LogP contribution in [0.4, 0.5) is 0 Å². The number of hydrogen-bond acceptors (Lipinski definition) is 3. The monoisotopic (exact) mass is 204 g/mol. The van der Waals surface area contributed by atoms with Crippen LogP contribution in [0.3, 0.4) is 0 Å². The summed E-state index contributed by atoms with van der Waals surface area (Å²) >= 11 is 1.70. The van der Waals surface area contributed by atoms with E-state index in [2.05, 4.69) is 21.4 Å². The summed E-state index contributed by atoms with van der Waals surface area (Å²) in [4.78, 5) is 10.2. The van der Waals surface area contributed by atoms with Crippen molar-refractivity contribution in [1.82, 2.24) is 9.97 Å². The van der Waals surface area contributed by atoms with Gasteiger partial charge in [0.25, 0.3) is 0 Å². The number of hydrogen-bond donors (Lipinski definition) is 0. The zero-order chi connectivity index (χ0) is 10.1. The molecule has 0 fully saturated rings. The molecule has 2 heterocycles. The van der Waals surface area contributed by atoms with Crippen LogP contribution in [-0.2, 0) is 0 Å². The van der Waals surface area contributed by atoms with E-state index < -0.39 is 0 Å². The maximum atomic E-state index is 4.56. The van der Waals surface area contributed by atoms with Crippen molar-refractivity contribution in [3.05, 3.63) is 34.6 Å². The molecule has 0 saturated heterocycles. The number of rotatable bonds is 1. The first kappa shape index (κ1) is 9.34. The Hall–Kier alpha value is -1.22. The van der Waals surface area contributed by atoms with Gasteiger partial charge in [-0.05, 0) is 32.2 Å². The Morgan fingerprint density at radius 3 is 2.36 bits per heavy atom. The van der Waals surface area contributed by atoms with Crippen LogP contribution < -0.4 is 0 Å². The van der Waals surface area contributed by atoms with Crippen molar-refractivity contribution in [2.45, 2.75) is 20.8 Å². The van der Waals surface area contributed by atoms with E-state index >= 15 is 0 Å². The third kappa shape index (κ3) is 1.55. The van der Waals surface area contributed by atoms with Gasteiger partial charge in [0.2, 0.25) is 0 Å². The van der Waals surface area contributed by atoms with Gasteiger partial charge in [-0.2, -0.15) is 0 Å². The topological polar surface area (TPSA) is 25.8 Å². The molecule has 0 aliphatic carbocycles. The van der Waals surface area contributed by atoms with E-state index in [1.54, 1.807) is 11.3 Å². The third-order valence-corrected chi connectivity index (χ3v) is 3.11. The Morgan fingerprint density at radius 1 is 1.00 bits per heavy atom. The Bertz CT molecular complexity index is 447. The van der Waals surface area contributed by atoms with E-state index in [9.17, 15) is 0 Å². The highest BCUT2D eigenvalue weighted by molar-refractivity contribution is 7.13. The Balaban J connectivity index is 2.60. The lowest BCUT2D eigenvalue weighted by Crippen LogP contribution is -1.97. The predicted molar refractivity (Wildman–Crippen MR) is 59.6 cm³/mol. The van der Waals surface area contributed by atoms with E-state index in [0.29, 0.717) is 0 Å². The second kappa shape index (κ2) is 3.50. The summed E-state index contributed by atoms with van der Waals surface area (Å²) in [6.45, 7) is 6.00. The zero-order valence-corrected chi connectivity index (χ0v) is 9.35. The lowest BCUT2D eigenvalue weighted by molar-refractivity contribution is 1.01. The Kier molecular flexibility index (Phi) is 2.33. The molecule has 2 rings (SSSR count). The first-order valence-electron chi connectivity index (χ1n) is 4.54. The van der Waals surface area contributed by atoms with E-state index in [-0.39, 0.29) is 0 Å². The molecule has 2 aromatic rings. The van der Waals surface area contributed by atoms with E-state index in [1.807, 2.05) is 26.8 Å². The number of thiophene rings is 1. The molecule has 2 aromatic heterocycles. The first-order chi connectivity index (χ1) is 6.68. The fraction of sp³-hybridized carbons (Fsp3) is 0.273. The van der Waals surface area contributed by atoms with Crippen LogP contribution in [0, 0.1) is 20.8 Å². The van der Waals surface area contributed by atoms with Gasteiger partial charge in [-0.1, -0.05) is 6.07 Å². The van der Waals surface area contributed by atoms with E-state index in [4.69, 9.17) is 0 Å². The number of aryl methyl sites for hydroxylation is 3. The zero-order valence-electron chi connectivity index (χ0n) is 8.53. The van der Waals surface area contributed by atoms with Crippen molar-refractivity contribution in [1.29, 1.82) is 0 Å². The molecule has 0 aliphatic rings. The number of nitrogens with zero attached hydrogens (tertiary/aromatic N) is 2. The number of aromatic nitrogens is 2. The summed E-state index contributed by atoms with van der Waals surface area (Å²) in [5.41, 5.74) is 4.06. The predicted octanol–water partition coefficient (Wildman–Crippen LogP) is 3.13. The molecule has 0 saturated carbocycles. The second-order valence-electron chi connectivity index (χ2n) is 3.31. The smallest absolute Gasteiger partial charge is 0.102 e. The van der Waals surface area contributed by atoms with Gasteiger partial charge in [-0.25, -0.2) is 4.98 Å². The summed E-state index contributed by atoms with van der Waals surface area (Å²) < 4.78 is 0. The van der Waals surface area contributed by atoms with E-state index in [0.717, 1.165) is 22.8 Å². The van der Waals surface area contributed by atoms with Gasteiger partial charge in [0, 0.05) is 0 Å². The average molecular weight is 204 g/mol. The van der Waals surface area contributed by atoms with Gasteiger partial charge in [0.15, 0.2) is 0 Å². The highest BCUT2D eigenvalue weighted by Gasteiger charge is 2.07. The molecule has 0 N–H and O–H groups in total. The van der Waals surface area contributed by atoms with Crippen molar-refractivity contribution in [2.24, 2.45) is 0 Å². The molecule has 0 aromatic carbocycles. The molecule has 0 unspecified atom stereocenters. The average Bonchev–Trinajstić information content (AvgIpc) is 2.64. The normalized spacial score (nSPS) is 10.5. The molecular formula is C11H12N2S. The van der Waals surface area contributed by atoms with Crippen LogP contribution in [0.2, 0.25) is 0 Å². The Labute approximate surface area is 87.7 Å². The molecule has 0 atom stereocenters.